The molecule has 0 atom stereocenters. The second-order valence-electron chi connectivity index (χ2n) is 4.73. The fourth-order valence-corrected chi connectivity index (χ4v) is 1.45. The second kappa shape index (κ2) is 5.31. The highest BCUT2D eigenvalue weighted by Gasteiger charge is 2.28. The lowest BCUT2D eigenvalue weighted by Gasteiger charge is -2.21. The van der Waals surface area contributed by atoms with Gasteiger partial charge in [0.25, 0.3) is 0 Å². The van der Waals surface area contributed by atoms with E-state index in [-0.39, 0.29) is 5.97 Å². The summed E-state index contributed by atoms with van der Waals surface area (Å²) in [6.07, 6.45) is 0. The van der Waals surface area contributed by atoms with Crippen molar-refractivity contribution in [3.8, 4) is 0 Å². The number of oxazole rings is 1. The molecule has 0 fully saturated rings. The van der Waals surface area contributed by atoms with E-state index < -0.39 is 5.41 Å². The lowest BCUT2D eigenvalue weighted by Crippen LogP contribution is -2.36. The highest BCUT2D eigenvalue weighted by Crippen LogP contribution is 2.15. The molecular weight excluding hydrogens is 220 g/mol. The van der Waals surface area contributed by atoms with E-state index in [4.69, 9.17) is 9.15 Å². The van der Waals surface area contributed by atoms with Gasteiger partial charge in [-0.2, -0.15) is 0 Å². The predicted octanol–water partition coefficient (Wildman–Crippen LogP) is 1.58. The first-order valence-corrected chi connectivity index (χ1v) is 5.59. The molecule has 0 saturated carbocycles. The van der Waals surface area contributed by atoms with Crippen molar-refractivity contribution in [2.75, 3.05) is 13.7 Å². The number of esters is 1. The van der Waals surface area contributed by atoms with Crippen LogP contribution in [0.5, 0.6) is 0 Å². The summed E-state index contributed by atoms with van der Waals surface area (Å²) in [6, 6.07) is 0. The number of aromatic nitrogens is 1. The van der Waals surface area contributed by atoms with Gasteiger partial charge in [-0.15, -0.1) is 0 Å². The quantitative estimate of drug-likeness (QED) is 0.792. The first-order valence-electron chi connectivity index (χ1n) is 5.59. The van der Waals surface area contributed by atoms with Crippen molar-refractivity contribution < 1.29 is 13.9 Å². The zero-order chi connectivity index (χ0) is 13.1. The average Bonchev–Trinajstić information content (AvgIpc) is 2.57. The van der Waals surface area contributed by atoms with E-state index in [9.17, 15) is 4.79 Å². The van der Waals surface area contributed by atoms with Gasteiger partial charge in [0.05, 0.1) is 24.8 Å². The van der Waals surface area contributed by atoms with E-state index in [2.05, 4.69) is 10.3 Å². The number of aryl methyl sites for hydroxylation is 2. The van der Waals surface area contributed by atoms with Crippen LogP contribution in [0.4, 0.5) is 0 Å². The molecular formula is C12H20N2O3. The molecule has 0 aliphatic carbocycles. The van der Waals surface area contributed by atoms with Crippen LogP contribution in [0.2, 0.25) is 0 Å². The molecule has 96 valence electrons. The minimum absolute atomic E-state index is 0.232. The molecule has 0 amide bonds. The van der Waals surface area contributed by atoms with E-state index in [0.29, 0.717) is 19.0 Å². The maximum absolute atomic E-state index is 11.4. The van der Waals surface area contributed by atoms with Gasteiger partial charge in [0.1, 0.15) is 5.76 Å². The minimum Gasteiger partial charge on any atom is -0.469 e. The second-order valence-corrected chi connectivity index (χ2v) is 4.73. The molecule has 0 bridgehead atoms. The molecule has 0 radical (unpaired) electrons. The van der Waals surface area contributed by atoms with Crippen molar-refractivity contribution in [2.24, 2.45) is 5.41 Å². The predicted molar refractivity (Wildman–Crippen MR) is 63.5 cm³/mol. The molecule has 5 nitrogen and oxygen atoms in total. The van der Waals surface area contributed by atoms with Crippen LogP contribution < -0.4 is 5.32 Å². The topological polar surface area (TPSA) is 64.4 Å². The minimum atomic E-state index is -0.550. The molecule has 1 rings (SSSR count). The first kappa shape index (κ1) is 13.7. The molecule has 0 spiro atoms. The van der Waals surface area contributed by atoms with E-state index in [0.717, 1.165) is 11.5 Å². The highest BCUT2D eigenvalue weighted by atomic mass is 16.5. The van der Waals surface area contributed by atoms with Crippen LogP contribution in [0, 0.1) is 19.3 Å². The van der Waals surface area contributed by atoms with Gasteiger partial charge >= 0.3 is 5.97 Å². The van der Waals surface area contributed by atoms with Crippen LogP contribution in [0.3, 0.4) is 0 Å². The number of nitrogens with one attached hydrogen (secondary N) is 1. The molecule has 0 unspecified atom stereocenters. The molecule has 17 heavy (non-hydrogen) atoms. The van der Waals surface area contributed by atoms with E-state index in [1.54, 1.807) is 0 Å². The molecule has 0 aliphatic rings. The van der Waals surface area contributed by atoms with Crippen LogP contribution >= 0.6 is 0 Å². The van der Waals surface area contributed by atoms with Crippen LogP contribution in [-0.4, -0.2) is 24.6 Å². The van der Waals surface area contributed by atoms with Crippen molar-refractivity contribution >= 4 is 5.97 Å². The van der Waals surface area contributed by atoms with Gasteiger partial charge in [-0.1, -0.05) is 0 Å². The fourth-order valence-electron chi connectivity index (χ4n) is 1.45. The normalized spacial score (nSPS) is 11.6. The van der Waals surface area contributed by atoms with Gasteiger partial charge in [0, 0.05) is 6.54 Å². The zero-order valence-corrected chi connectivity index (χ0v) is 11.1. The third-order valence-corrected chi connectivity index (χ3v) is 2.65. The van der Waals surface area contributed by atoms with E-state index in [1.807, 2.05) is 27.7 Å². The average molecular weight is 240 g/mol. The SMILES string of the molecule is COC(=O)C(C)(C)CNCc1nc(C)c(C)o1. The largest absolute Gasteiger partial charge is 0.469 e. The number of methoxy groups -OCH3 is 1. The standard InChI is InChI=1S/C12H20N2O3/c1-8-9(2)17-10(14-8)6-13-7-12(3,4)11(15)16-5/h13H,6-7H2,1-5H3. The van der Waals surface area contributed by atoms with Crippen LogP contribution in [0.1, 0.15) is 31.2 Å². The van der Waals surface area contributed by atoms with Crippen molar-refractivity contribution in [3.63, 3.8) is 0 Å². The summed E-state index contributed by atoms with van der Waals surface area (Å²) in [5, 5.41) is 3.14. The van der Waals surface area contributed by atoms with Gasteiger partial charge in [-0.05, 0) is 27.7 Å². The Labute approximate surface area is 102 Å². The lowest BCUT2D eigenvalue weighted by molar-refractivity contribution is -0.150. The number of rotatable bonds is 5. The summed E-state index contributed by atoms with van der Waals surface area (Å²) in [6.45, 7) is 8.47. The Morgan fingerprint density at radius 1 is 1.47 bits per heavy atom. The Kier molecular flexibility index (Phi) is 4.28. The smallest absolute Gasteiger partial charge is 0.312 e. The highest BCUT2D eigenvalue weighted by molar-refractivity contribution is 5.76. The van der Waals surface area contributed by atoms with Gasteiger partial charge < -0.3 is 14.5 Å². The Morgan fingerprint density at radius 2 is 2.12 bits per heavy atom. The summed E-state index contributed by atoms with van der Waals surface area (Å²) in [5.41, 5.74) is 0.347. The maximum atomic E-state index is 11.4. The third kappa shape index (κ3) is 3.56. The Balaban J connectivity index is 2.45. The van der Waals surface area contributed by atoms with Crippen LogP contribution in [-0.2, 0) is 16.1 Å². The monoisotopic (exact) mass is 240 g/mol. The summed E-state index contributed by atoms with van der Waals surface area (Å²) >= 11 is 0. The summed E-state index contributed by atoms with van der Waals surface area (Å²) in [4.78, 5) is 15.7. The zero-order valence-electron chi connectivity index (χ0n) is 11.1. The van der Waals surface area contributed by atoms with Crippen LogP contribution in [0.15, 0.2) is 4.42 Å². The number of hydrogen-bond acceptors (Lipinski definition) is 5. The van der Waals surface area contributed by atoms with Crippen molar-refractivity contribution in [1.82, 2.24) is 10.3 Å². The number of carbonyl (C=O) groups excluding carboxylic acids is 1. The third-order valence-electron chi connectivity index (χ3n) is 2.65. The summed E-state index contributed by atoms with van der Waals surface area (Å²) in [5.74, 6) is 1.24. The first-order chi connectivity index (χ1) is 7.86. The maximum Gasteiger partial charge on any atom is 0.312 e. The van der Waals surface area contributed by atoms with Gasteiger partial charge in [0.15, 0.2) is 0 Å². The number of hydrogen-bond donors (Lipinski definition) is 1. The van der Waals surface area contributed by atoms with E-state index in [1.165, 1.54) is 7.11 Å². The molecule has 5 heteroatoms. The molecule has 1 N–H and O–H groups in total. The van der Waals surface area contributed by atoms with E-state index >= 15 is 0 Å². The van der Waals surface area contributed by atoms with Crippen LogP contribution in [0.25, 0.3) is 0 Å². The number of carbonyl (C=O) groups is 1. The van der Waals surface area contributed by atoms with Crippen molar-refractivity contribution in [1.29, 1.82) is 0 Å². The Bertz CT molecular complexity index is 377. The molecule has 0 aliphatic heterocycles. The molecule has 0 aromatic carbocycles. The van der Waals surface area contributed by atoms with Gasteiger partial charge in [-0.25, -0.2) is 4.98 Å². The fraction of sp³-hybridized carbons (Fsp3) is 0.667. The lowest BCUT2D eigenvalue weighted by atomic mass is 9.94. The molecule has 1 aromatic rings. The Hall–Kier alpha value is -1.36. The number of nitrogens with zero attached hydrogens (tertiary/aromatic N) is 1. The summed E-state index contributed by atoms with van der Waals surface area (Å²) < 4.78 is 10.1. The van der Waals surface area contributed by atoms with Gasteiger partial charge in [0.2, 0.25) is 5.89 Å². The number of ether oxygens (including phenoxy) is 1. The molecule has 1 aromatic heterocycles. The Morgan fingerprint density at radius 3 is 2.59 bits per heavy atom. The summed E-state index contributed by atoms with van der Waals surface area (Å²) in [7, 11) is 1.39. The van der Waals surface area contributed by atoms with Crippen molar-refractivity contribution in [2.45, 2.75) is 34.2 Å². The molecule has 1 heterocycles. The van der Waals surface area contributed by atoms with Crippen molar-refractivity contribution in [3.05, 3.63) is 17.3 Å². The molecule has 0 saturated heterocycles. The van der Waals surface area contributed by atoms with Gasteiger partial charge in [-0.3, -0.25) is 4.79 Å².